The number of rotatable bonds is 6. The Hall–Kier alpha value is -0.630. The Balaban J connectivity index is 2.52. The fourth-order valence-electron chi connectivity index (χ4n) is 1.73. The number of carbonyl (C=O) groups is 1. The minimum atomic E-state index is 0.297. The highest BCUT2D eigenvalue weighted by molar-refractivity contribution is 7.12. The number of thiophene rings is 1. The van der Waals surface area contributed by atoms with Crippen LogP contribution in [-0.2, 0) is 11.2 Å². The Labute approximate surface area is 103 Å². The van der Waals surface area contributed by atoms with Gasteiger partial charge in [-0.3, -0.25) is 0 Å². The van der Waals surface area contributed by atoms with Gasteiger partial charge in [-0.15, -0.1) is 11.3 Å². The zero-order chi connectivity index (χ0) is 12.1. The van der Waals surface area contributed by atoms with Crippen LogP contribution < -0.4 is 0 Å². The number of ketones is 1. The van der Waals surface area contributed by atoms with E-state index < -0.39 is 0 Å². The molecule has 1 unspecified atom stereocenters. The molecule has 1 atom stereocenters. The van der Waals surface area contributed by atoms with Crippen molar-refractivity contribution >= 4 is 17.1 Å². The van der Waals surface area contributed by atoms with Crippen LogP contribution in [0.15, 0.2) is 12.1 Å². The maximum atomic E-state index is 10.9. The van der Waals surface area contributed by atoms with Gasteiger partial charge in [0.05, 0.1) is 0 Å². The lowest BCUT2D eigenvalue weighted by Crippen LogP contribution is -1.95. The topological polar surface area (TPSA) is 17.1 Å². The van der Waals surface area contributed by atoms with Crippen molar-refractivity contribution in [3.05, 3.63) is 21.9 Å². The summed E-state index contributed by atoms with van der Waals surface area (Å²) in [6.45, 7) is 8.39. The lowest BCUT2D eigenvalue weighted by atomic mass is 10.0. The molecule has 1 heterocycles. The van der Waals surface area contributed by atoms with Crippen LogP contribution in [0.5, 0.6) is 0 Å². The van der Waals surface area contributed by atoms with Crippen molar-refractivity contribution in [3.63, 3.8) is 0 Å². The third-order valence-electron chi connectivity index (χ3n) is 2.71. The summed E-state index contributed by atoms with van der Waals surface area (Å²) in [6, 6.07) is 4.47. The Morgan fingerprint density at radius 2 is 2.00 bits per heavy atom. The molecular formula is C14H22OS. The van der Waals surface area contributed by atoms with E-state index in [4.69, 9.17) is 0 Å². The largest absolute Gasteiger partial charge is 0.300 e. The lowest BCUT2D eigenvalue weighted by molar-refractivity contribution is -0.117. The molecule has 0 saturated carbocycles. The minimum Gasteiger partial charge on any atom is -0.300 e. The summed E-state index contributed by atoms with van der Waals surface area (Å²) >= 11 is 1.91. The monoisotopic (exact) mass is 238 g/mol. The molecule has 0 aromatic carbocycles. The van der Waals surface area contributed by atoms with E-state index in [0.29, 0.717) is 18.1 Å². The van der Waals surface area contributed by atoms with E-state index in [1.54, 1.807) is 6.92 Å². The average molecular weight is 238 g/mol. The zero-order valence-corrected chi connectivity index (χ0v) is 11.6. The predicted molar refractivity (Wildman–Crippen MR) is 71.2 cm³/mol. The lowest BCUT2D eigenvalue weighted by Gasteiger charge is -2.07. The molecule has 1 rings (SSSR count). The molecule has 0 aliphatic rings. The second kappa shape index (κ2) is 6.19. The molecule has 0 aliphatic heterocycles. The van der Waals surface area contributed by atoms with Gasteiger partial charge < -0.3 is 4.79 Å². The van der Waals surface area contributed by atoms with Crippen molar-refractivity contribution < 1.29 is 4.79 Å². The smallest absolute Gasteiger partial charge is 0.129 e. The maximum Gasteiger partial charge on any atom is 0.129 e. The molecule has 0 saturated heterocycles. The molecule has 0 radical (unpaired) electrons. The Morgan fingerprint density at radius 3 is 2.56 bits per heavy atom. The molecule has 1 nitrogen and oxygen atoms in total. The fourth-order valence-corrected chi connectivity index (χ4v) is 3.04. The second-order valence-electron chi connectivity index (χ2n) is 5.04. The van der Waals surface area contributed by atoms with Gasteiger partial charge in [0.15, 0.2) is 0 Å². The van der Waals surface area contributed by atoms with Gasteiger partial charge in [-0.2, -0.15) is 0 Å². The van der Waals surface area contributed by atoms with E-state index in [1.807, 2.05) is 11.3 Å². The molecule has 2 heteroatoms. The first-order chi connectivity index (χ1) is 7.49. The summed E-state index contributed by atoms with van der Waals surface area (Å²) in [7, 11) is 0. The first-order valence-corrected chi connectivity index (χ1v) is 6.88. The van der Waals surface area contributed by atoms with E-state index in [2.05, 4.69) is 32.9 Å². The zero-order valence-electron chi connectivity index (χ0n) is 10.7. The average Bonchev–Trinajstić information content (AvgIpc) is 2.61. The summed E-state index contributed by atoms with van der Waals surface area (Å²) in [5.74, 6) is 1.54. The van der Waals surface area contributed by atoms with Crippen LogP contribution >= 0.6 is 11.3 Å². The third-order valence-corrected chi connectivity index (χ3v) is 4.05. The highest BCUT2D eigenvalue weighted by atomic mass is 32.1. The molecule has 0 spiro atoms. The molecule has 90 valence electrons. The molecule has 0 amide bonds. The first kappa shape index (κ1) is 13.4. The molecular weight excluding hydrogens is 216 g/mol. The fraction of sp³-hybridized carbons (Fsp3) is 0.643. The van der Waals surface area contributed by atoms with Crippen molar-refractivity contribution in [2.75, 3.05) is 0 Å². The van der Waals surface area contributed by atoms with Crippen LogP contribution in [0.2, 0.25) is 0 Å². The van der Waals surface area contributed by atoms with Crippen LogP contribution in [0, 0.1) is 5.92 Å². The standard InChI is InChI=1S/C14H22OS/c1-10(2)9-13-7-8-14(16-13)11(3)5-6-12(4)15/h7-8,10-11H,5-6,9H2,1-4H3. The highest BCUT2D eigenvalue weighted by Gasteiger charge is 2.10. The molecule has 1 aromatic rings. The number of hydrogen-bond acceptors (Lipinski definition) is 2. The van der Waals surface area contributed by atoms with Gasteiger partial charge in [-0.25, -0.2) is 0 Å². The van der Waals surface area contributed by atoms with Crippen LogP contribution in [-0.4, -0.2) is 5.78 Å². The molecule has 0 fully saturated rings. The first-order valence-electron chi connectivity index (χ1n) is 6.07. The van der Waals surface area contributed by atoms with Crippen molar-refractivity contribution in [2.45, 2.75) is 52.9 Å². The molecule has 16 heavy (non-hydrogen) atoms. The Bertz CT molecular complexity index is 338. The quantitative estimate of drug-likeness (QED) is 0.717. The number of hydrogen-bond donors (Lipinski definition) is 0. The molecule has 1 aromatic heterocycles. The van der Waals surface area contributed by atoms with Gasteiger partial charge in [-0.1, -0.05) is 20.8 Å². The number of carbonyl (C=O) groups excluding carboxylic acids is 1. The van der Waals surface area contributed by atoms with Crippen LogP contribution in [0.4, 0.5) is 0 Å². The van der Waals surface area contributed by atoms with Gasteiger partial charge in [-0.05, 0) is 43.7 Å². The van der Waals surface area contributed by atoms with Crippen molar-refractivity contribution in [1.82, 2.24) is 0 Å². The van der Waals surface area contributed by atoms with E-state index >= 15 is 0 Å². The summed E-state index contributed by atoms with van der Waals surface area (Å²) in [4.78, 5) is 13.8. The van der Waals surface area contributed by atoms with Gasteiger partial charge in [0.1, 0.15) is 5.78 Å². The normalized spacial score (nSPS) is 13.1. The van der Waals surface area contributed by atoms with Crippen LogP contribution in [0.25, 0.3) is 0 Å². The summed E-state index contributed by atoms with van der Waals surface area (Å²) in [5.41, 5.74) is 0. The maximum absolute atomic E-state index is 10.9. The summed E-state index contributed by atoms with van der Waals surface area (Å²) in [5, 5.41) is 0. The predicted octanol–water partition coefficient (Wildman–Crippen LogP) is 4.42. The SMILES string of the molecule is CC(=O)CCC(C)c1ccc(CC(C)C)s1. The van der Waals surface area contributed by atoms with E-state index in [0.717, 1.165) is 12.3 Å². The van der Waals surface area contributed by atoms with Gasteiger partial charge >= 0.3 is 0 Å². The third kappa shape index (κ3) is 4.48. The van der Waals surface area contributed by atoms with Crippen LogP contribution in [0.3, 0.4) is 0 Å². The van der Waals surface area contributed by atoms with Crippen molar-refractivity contribution in [2.24, 2.45) is 5.92 Å². The molecule has 0 N–H and O–H groups in total. The van der Waals surface area contributed by atoms with Gasteiger partial charge in [0.25, 0.3) is 0 Å². The Morgan fingerprint density at radius 1 is 1.31 bits per heavy atom. The van der Waals surface area contributed by atoms with E-state index in [1.165, 1.54) is 16.2 Å². The molecule has 0 aliphatic carbocycles. The van der Waals surface area contributed by atoms with E-state index in [9.17, 15) is 4.79 Å². The van der Waals surface area contributed by atoms with Crippen LogP contribution in [0.1, 0.15) is 56.2 Å². The van der Waals surface area contributed by atoms with Gasteiger partial charge in [0, 0.05) is 16.2 Å². The minimum absolute atomic E-state index is 0.297. The molecule has 0 bridgehead atoms. The summed E-state index contributed by atoms with van der Waals surface area (Å²) in [6.07, 6.45) is 2.86. The van der Waals surface area contributed by atoms with Crippen molar-refractivity contribution in [1.29, 1.82) is 0 Å². The highest BCUT2D eigenvalue weighted by Crippen LogP contribution is 2.29. The van der Waals surface area contributed by atoms with E-state index in [-0.39, 0.29) is 0 Å². The Kier molecular flexibility index (Phi) is 5.20. The summed E-state index contributed by atoms with van der Waals surface area (Å²) < 4.78 is 0. The van der Waals surface area contributed by atoms with Gasteiger partial charge in [0.2, 0.25) is 0 Å². The second-order valence-corrected chi connectivity index (χ2v) is 6.24. The van der Waals surface area contributed by atoms with Crippen molar-refractivity contribution in [3.8, 4) is 0 Å². The number of Topliss-reactive ketones (excluding diaryl/α,β-unsaturated/α-hetero) is 1.